The molecule has 0 amide bonds. The fraction of sp³-hybridized carbons (Fsp3) is 0.273. The quantitative estimate of drug-likeness (QED) is 0.707. The van der Waals surface area contributed by atoms with Crippen LogP contribution in [0.2, 0.25) is 0 Å². The second-order valence-corrected chi connectivity index (χ2v) is 6.87. The van der Waals surface area contributed by atoms with Crippen LogP contribution in [-0.2, 0) is 27.7 Å². The van der Waals surface area contributed by atoms with E-state index in [0.29, 0.717) is 23.1 Å². The van der Waals surface area contributed by atoms with Crippen molar-refractivity contribution in [3.05, 3.63) is 65.2 Å². The summed E-state index contributed by atoms with van der Waals surface area (Å²) < 4.78 is 12.6. The molecule has 3 heterocycles. The summed E-state index contributed by atoms with van der Waals surface area (Å²) in [4.78, 5) is 16.9. The van der Waals surface area contributed by atoms with Crippen LogP contribution >= 0.6 is 0 Å². The number of para-hydroxylation sites is 1. The molecule has 1 N–H and O–H groups in total. The maximum absolute atomic E-state index is 12.3. The molecule has 0 unspecified atom stereocenters. The number of carbonyl (C=O) groups is 1. The molecule has 0 saturated heterocycles. The van der Waals surface area contributed by atoms with E-state index >= 15 is 0 Å². The molecular weight excluding hydrogens is 356 g/mol. The van der Waals surface area contributed by atoms with Crippen molar-refractivity contribution in [3.8, 4) is 0 Å². The van der Waals surface area contributed by atoms with Gasteiger partial charge in [0.2, 0.25) is 0 Å². The summed E-state index contributed by atoms with van der Waals surface area (Å²) in [5, 5.41) is 12.2. The van der Waals surface area contributed by atoms with Crippen LogP contribution in [-0.4, -0.2) is 40.4 Å². The molecule has 4 rings (SSSR count). The molecule has 1 aliphatic heterocycles. The number of rotatable bonds is 4. The summed E-state index contributed by atoms with van der Waals surface area (Å²) in [5.41, 5.74) is 4.66. The zero-order valence-electron chi connectivity index (χ0n) is 16.1. The molecule has 0 fully saturated rings. The predicted molar refractivity (Wildman–Crippen MR) is 107 cm³/mol. The Kier molecular flexibility index (Phi) is 4.65. The third kappa shape index (κ3) is 2.77. The van der Waals surface area contributed by atoms with E-state index in [-0.39, 0.29) is 12.7 Å². The normalized spacial score (nSPS) is 17.0. The SMILES string of the molecule is COC(=O)C1=CO[C@H](C)C(CO)=C1Cc1nccc2c3ccccc3n(C)c12. The van der Waals surface area contributed by atoms with Gasteiger partial charge in [-0.25, -0.2) is 4.79 Å². The summed E-state index contributed by atoms with van der Waals surface area (Å²) in [7, 11) is 3.35. The molecule has 0 aliphatic carbocycles. The summed E-state index contributed by atoms with van der Waals surface area (Å²) in [6, 6.07) is 10.2. The van der Waals surface area contributed by atoms with E-state index in [1.54, 1.807) is 6.20 Å². The molecule has 1 aliphatic rings. The topological polar surface area (TPSA) is 73.6 Å². The van der Waals surface area contributed by atoms with Crippen molar-refractivity contribution in [2.75, 3.05) is 13.7 Å². The minimum absolute atomic E-state index is 0.198. The minimum Gasteiger partial charge on any atom is -0.493 e. The Balaban J connectivity index is 1.91. The first-order valence-corrected chi connectivity index (χ1v) is 9.15. The lowest BCUT2D eigenvalue weighted by atomic mass is 9.91. The minimum atomic E-state index is -0.489. The van der Waals surface area contributed by atoms with E-state index in [1.165, 1.54) is 13.4 Å². The maximum atomic E-state index is 12.3. The highest BCUT2D eigenvalue weighted by Gasteiger charge is 2.28. The van der Waals surface area contributed by atoms with E-state index in [0.717, 1.165) is 27.5 Å². The zero-order valence-corrected chi connectivity index (χ0v) is 16.1. The van der Waals surface area contributed by atoms with Gasteiger partial charge in [0, 0.05) is 36.0 Å². The van der Waals surface area contributed by atoms with Gasteiger partial charge >= 0.3 is 5.97 Å². The standard InChI is InChI=1S/C22H22N2O4/c1-13-17(11-25)16(18(12-28-13)22(26)27-3)10-19-21-15(8-9-23-19)14-6-4-5-7-20(14)24(21)2/h4-9,12-13,25H,10-11H2,1-3H3/t13-/m1/s1. The van der Waals surface area contributed by atoms with Gasteiger partial charge in [-0.1, -0.05) is 18.2 Å². The molecule has 0 radical (unpaired) electrons. The van der Waals surface area contributed by atoms with Crippen LogP contribution in [0.15, 0.2) is 59.5 Å². The lowest BCUT2D eigenvalue weighted by Crippen LogP contribution is -2.24. The molecule has 6 nitrogen and oxygen atoms in total. The van der Waals surface area contributed by atoms with Crippen molar-refractivity contribution in [1.29, 1.82) is 0 Å². The van der Waals surface area contributed by atoms with Crippen LogP contribution in [0, 0.1) is 0 Å². The Bertz CT molecular complexity index is 1140. The first-order valence-electron chi connectivity index (χ1n) is 9.15. The fourth-order valence-electron chi connectivity index (χ4n) is 3.96. The fourth-order valence-corrected chi connectivity index (χ4v) is 3.96. The smallest absolute Gasteiger partial charge is 0.341 e. The van der Waals surface area contributed by atoms with Crippen molar-refractivity contribution >= 4 is 27.8 Å². The van der Waals surface area contributed by atoms with Gasteiger partial charge in [-0.2, -0.15) is 0 Å². The number of hydrogen-bond acceptors (Lipinski definition) is 5. The molecule has 2 aromatic heterocycles. The van der Waals surface area contributed by atoms with Gasteiger partial charge in [-0.3, -0.25) is 4.98 Å². The molecule has 0 spiro atoms. The van der Waals surface area contributed by atoms with E-state index in [9.17, 15) is 9.90 Å². The van der Waals surface area contributed by atoms with Crippen LogP contribution in [0.5, 0.6) is 0 Å². The predicted octanol–water partition coefficient (Wildman–Crippen LogP) is 3.03. The Labute approximate surface area is 162 Å². The summed E-state index contributed by atoms with van der Waals surface area (Å²) in [5.74, 6) is -0.489. The number of nitrogens with zero attached hydrogens (tertiary/aromatic N) is 2. The van der Waals surface area contributed by atoms with Gasteiger partial charge in [-0.05, 0) is 30.2 Å². The lowest BCUT2D eigenvalue weighted by molar-refractivity contribution is -0.136. The molecule has 3 aromatic rings. The number of fused-ring (bicyclic) bond motifs is 3. The van der Waals surface area contributed by atoms with Gasteiger partial charge in [0.05, 0.1) is 36.8 Å². The third-order valence-electron chi connectivity index (χ3n) is 5.40. The van der Waals surface area contributed by atoms with Crippen molar-refractivity contribution in [1.82, 2.24) is 9.55 Å². The summed E-state index contributed by atoms with van der Waals surface area (Å²) in [6.45, 7) is 1.65. The number of aryl methyl sites for hydroxylation is 1. The molecule has 1 atom stereocenters. The largest absolute Gasteiger partial charge is 0.493 e. The van der Waals surface area contributed by atoms with Gasteiger partial charge < -0.3 is 19.1 Å². The van der Waals surface area contributed by atoms with Gasteiger partial charge in [0.25, 0.3) is 0 Å². The first kappa shape index (κ1) is 18.3. The van der Waals surface area contributed by atoms with Crippen LogP contribution in [0.25, 0.3) is 21.8 Å². The zero-order chi connectivity index (χ0) is 19.8. The highest BCUT2D eigenvalue weighted by Crippen LogP contribution is 2.33. The van der Waals surface area contributed by atoms with E-state index in [1.807, 2.05) is 32.2 Å². The van der Waals surface area contributed by atoms with E-state index in [2.05, 4.69) is 21.7 Å². The Morgan fingerprint density at radius 3 is 2.82 bits per heavy atom. The highest BCUT2D eigenvalue weighted by molar-refractivity contribution is 6.08. The molecule has 0 bridgehead atoms. The number of benzene rings is 1. The van der Waals surface area contributed by atoms with E-state index < -0.39 is 5.97 Å². The number of ether oxygens (including phenoxy) is 2. The number of aliphatic hydroxyl groups is 1. The molecule has 6 heteroatoms. The van der Waals surface area contributed by atoms with Crippen molar-refractivity contribution in [2.45, 2.75) is 19.4 Å². The highest BCUT2D eigenvalue weighted by atomic mass is 16.5. The number of esters is 1. The maximum Gasteiger partial charge on any atom is 0.341 e. The second kappa shape index (κ2) is 7.13. The van der Waals surface area contributed by atoms with Gasteiger partial charge in [0.1, 0.15) is 6.10 Å². The molecule has 28 heavy (non-hydrogen) atoms. The third-order valence-corrected chi connectivity index (χ3v) is 5.40. The van der Waals surface area contributed by atoms with Crippen molar-refractivity contribution < 1.29 is 19.4 Å². The Morgan fingerprint density at radius 2 is 2.07 bits per heavy atom. The molecule has 1 aromatic carbocycles. The molecule has 0 saturated carbocycles. The Morgan fingerprint density at radius 1 is 1.29 bits per heavy atom. The average Bonchev–Trinajstić information content (AvgIpc) is 3.01. The first-order chi connectivity index (χ1) is 13.6. The van der Waals surface area contributed by atoms with Gasteiger partial charge in [0.15, 0.2) is 0 Å². The van der Waals surface area contributed by atoms with Crippen LogP contribution in [0.4, 0.5) is 0 Å². The number of methoxy groups -OCH3 is 1. The number of aromatic nitrogens is 2. The van der Waals surface area contributed by atoms with Crippen molar-refractivity contribution in [3.63, 3.8) is 0 Å². The van der Waals surface area contributed by atoms with Crippen LogP contribution in [0.1, 0.15) is 12.6 Å². The number of hydrogen-bond donors (Lipinski definition) is 1. The number of aliphatic hydroxyl groups excluding tert-OH is 1. The number of carbonyl (C=O) groups excluding carboxylic acids is 1. The van der Waals surface area contributed by atoms with Gasteiger partial charge in [-0.15, -0.1) is 0 Å². The second-order valence-electron chi connectivity index (χ2n) is 6.87. The van der Waals surface area contributed by atoms with Crippen LogP contribution in [0.3, 0.4) is 0 Å². The average molecular weight is 378 g/mol. The van der Waals surface area contributed by atoms with E-state index in [4.69, 9.17) is 9.47 Å². The molecular formula is C22H22N2O4. The molecule has 144 valence electrons. The van der Waals surface area contributed by atoms with Crippen molar-refractivity contribution in [2.24, 2.45) is 7.05 Å². The lowest BCUT2D eigenvalue weighted by Gasteiger charge is -2.25. The summed E-state index contributed by atoms with van der Waals surface area (Å²) >= 11 is 0. The summed E-state index contributed by atoms with van der Waals surface area (Å²) in [6.07, 6.45) is 3.28. The Hall–Kier alpha value is -3.12. The van der Waals surface area contributed by atoms with Crippen LogP contribution < -0.4 is 0 Å². The monoisotopic (exact) mass is 378 g/mol. The number of pyridine rings is 1.